The van der Waals surface area contributed by atoms with E-state index < -0.39 is 0 Å². The highest BCUT2D eigenvalue weighted by Crippen LogP contribution is 2.35. The van der Waals surface area contributed by atoms with Gasteiger partial charge in [0, 0.05) is 25.2 Å². The number of rotatable bonds is 2. The molecule has 2 aliphatic heterocycles. The Morgan fingerprint density at radius 1 is 1.05 bits per heavy atom. The number of nitrogens with zero attached hydrogens (tertiary/aromatic N) is 1. The molecule has 2 heterocycles. The zero-order valence-corrected chi connectivity index (χ0v) is 13.0. The Morgan fingerprint density at radius 2 is 1.82 bits per heavy atom. The summed E-state index contributed by atoms with van der Waals surface area (Å²) in [5.74, 6) is 0. The first-order valence-corrected chi connectivity index (χ1v) is 8.21. The average molecular weight is 293 g/mol. The summed E-state index contributed by atoms with van der Waals surface area (Å²) >= 11 is 0. The molecule has 0 bridgehead atoms. The SMILES string of the molecule is C[C@@H]1Nc2ccccc2N2C[C@H](Cc3ccccc3)NC[C@H]12. The molecule has 0 spiro atoms. The van der Waals surface area contributed by atoms with E-state index in [1.54, 1.807) is 0 Å². The summed E-state index contributed by atoms with van der Waals surface area (Å²) in [6.45, 7) is 4.40. The Balaban J connectivity index is 1.56. The van der Waals surface area contributed by atoms with Crippen molar-refractivity contribution in [2.75, 3.05) is 23.3 Å². The van der Waals surface area contributed by atoms with Crippen molar-refractivity contribution < 1.29 is 0 Å². The fourth-order valence-electron chi connectivity index (χ4n) is 3.78. The van der Waals surface area contributed by atoms with E-state index in [9.17, 15) is 0 Å². The van der Waals surface area contributed by atoms with Gasteiger partial charge in [0.15, 0.2) is 0 Å². The maximum Gasteiger partial charge on any atom is 0.0614 e. The highest BCUT2D eigenvalue weighted by Gasteiger charge is 2.35. The molecule has 0 aromatic heterocycles. The highest BCUT2D eigenvalue weighted by molar-refractivity contribution is 5.73. The topological polar surface area (TPSA) is 27.3 Å². The van der Waals surface area contributed by atoms with Crippen LogP contribution in [0.15, 0.2) is 54.6 Å². The lowest BCUT2D eigenvalue weighted by Crippen LogP contribution is -2.63. The molecule has 2 aromatic rings. The van der Waals surface area contributed by atoms with E-state index in [0.717, 1.165) is 19.5 Å². The average Bonchev–Trinajstić information content (AvgIpc) is 2.56. The summed E-state index contributed by atoms with van der Waals surface area (Å²) < 4.78 is 0. The summed E-state index contributed by atoms with van der Waals surface area (Å²) in [5, 5.41) is 7.39. The van der Waals surface area contributed by atoms with Gasteiger partial charge < -0.3 is 15.5 Å². The Morgan fingerprint density at radius 3 is 2.68 bits per heavy atom. The molecule has 4 rings (SSSR count). The second kappa shape index (κ2) is 5.65. The van der Waals surface area contributed by atoms with Crippen LogP contribution < -0.4 is 15.5 Å². The number of nitrogens with one attached hydrogen (secondary N) is 2. The summed E-state index contributed by atoms with van der Waals surface area (Å²) in [7, 11) is 0. The molecule has 0 aliphatic carbocycles. The summed E-state index contributed by atoms with van der Waals surface area (Å²) in [6, 6.07) is 21.0. The summed E-state index contributed by atoms with van der Waals surface area (Å²) in [6.07, 6.45) is 1.09. The molecule has 1 fully saturated rings. The van der Waals surface area contributed by atoms with Gasteiger partial charge in [-0.1, -0.05) is 42.5 Å². The van der Waals surface area contributed by atoms with Crippen molar-refractivity contribution in [3.63, 3.8) is 0 Å². The maximum atomic E-state index is 3.75. The predicted molar refractivity (Wildman–Crippen MR) is 92.6 cm³/mol. The van der Waals surface area contributed by atoms with Crippen LogP contribution in [-0.4, -0.2) is 31.2 Å². The van der Waals surface area contributed by atoms with Crippen molar-refractivity contribution >= 4 is 11.4 Å². The van der Waals surface area contributed by atoms with Gasteiger partial charge in [-0.2, -0.15) is 0 Å². The minimum absolute atomic E-state index is 0.472. The lowest BCUT2D eigenvalue weighted by molar-refractivity contribution is 0.365. The monoisotopic (exact) mass is 293 g/mol. The lowest BCUT2D eigenvalue weighted by atomic mass is 9.95. The van der Waals surface area contributed by atoms with Crippen LogP contribution in [-0.2, 0) is 6.42 Å². The van der Waals surface area contributed by atoms with Gasteiger partial charge in [0.05, 0.1) is 17.4 Å². The predicted octanol–water partition coefficient (Wildman–Crippen LogP) is 2.89. The molecular formula is C19H23N3. The van der Waals surface area contributed by atoms with Crippen molar-refractivity contribution in [1.29, 1.82) is 0 Å². The van der Waals surface area contributed by atoms with E-state index in [-0.39, 0.29) is 0 Å². The molecule has 2 N–H and O–H groups in total. The zero-order valence-electron chi connectivity index (χ0n) is 13.0. The van der Waals surface area contributed by atoms with E-state index in [1.807, 2.05) is 0 Å². The Hall–Kier alpha value is -2.00. The second-order valence-corrected chi connectivity index (χ2v) is 6.46. The molecule has 22 heavy (non-hydrogen) atoms. The van der Waals surface area contributed by atoms with E-state index >= 15 is 0 Å². The van der Waals surface area contributed by atoms with Gasteiger partial charge in [-0.3, -0.25) is 0 Å². The normalized spacial score (nSPS) is 26.8. The third-order valence-electron chi connectivity index (χ3n) is 4.93. The number of piperazine rings is 1. The molecule has 0 unspecified atom stereocenters. The zero-order chi connectivity index (χ0) is 14.9. The van der Waals surface area contributed by atoms with Crippen LogP contribution in [0.5, 0.6) is 0 Å². The second-order valence-electron chi connectivity index (χ2n) is 6.46. The molecule has 0 saturated carbocycles. The van der Waals surface area contributed by atoms with Crippen LogP contribution in [0.3, 0.4) is 0 Å². The van der Waals surface area contributed by atoms with Crippen molar-refractivity contribution in [2.45, 2.75) is 31.5 Å². The lowest BCUT2D eigenvalue weighted by Gasteiger charge is -2.48. The van der Waals surface area contributed by atoms with Gasteiger partial charge in [-0.05, 0) is 31.0 Å². The van der Waals surface area contributed by atoms with Crippen LogP contribution in [0.25, 0.3) is 0 Å². The van der Waals surface area contributed by atoms with Crippen LogP contribution >= 0.6 is 0 Å². The molecule has 1 saturated heterocycles. The van der Waals surface area contributed by atoms with Crippen LogP contribution in [0, 0.1) is 0 Å². The van der Waals surface area contributed by atoms with E-state index in [4.69, 9.17) is 0 Å². The van der Waals surface area contributed by atoms with E-state index in [1.165, 1.54) is 16.9 Å². The number of benzene rings is 2. The van der Waals surface area contributed by atoms with E-state index in [0.29, 0.717) is 18.1 Å². The fourth-order valence-corrected chi connectivity index (χ4v) is 3.78. The first-order valence-electron chi connectivity index (χ1n) is 8.21. The van der Waals surface area contributed by atoms with Gasteiger partial charge in [-0.15, -0.1) is 0 Å². The molecule has 3 heteroatoms. The van der Waals surface area contributed by atoms with Crippen molar-refractivity contribution in [3.8, 4) is 0 Å². The molecular weight excluding hydrogens is 270 g/mol. The first kappa shape index (κ1) is 13.6. The number of para-hydroxylation sites is 2. The van der Waals surface area contributed by atoms with Crippen molar-refractivity contribution in [2.24, 2.45) is 0 Å². The Kier molecular flexibility index (Phi) is 3.51. The molecule has 3 nitrogen and oxygen atoms in total. The number of hydrogen-bond acceptors (Lipinski definition) is 3. The smallest absolute Gasteiger partial charge is 0.0614 e. The minimum Gasteiger partial charge on any atom is -0.379 e. The number of fused-ring (bicyclic) bond motifs is 3. The Bertz CT molecular complexity index is 640. The van der Waals surface area contributed by atoms with Crippen molar-refractivity contribution in [3.05, 3.63) is 60.2 Å². The first-order chi connectivity index (χ1) is 10.8. The largest absolute Gasteiger partial charge is 0.379 e. The van der Waals surface area contributed by atoms with Crippen molar-refractivity contribution in [1.82, 2.24) is 5.32 Å². The highest BCUT2D eigenvalue weighted by atomic mass is 15.3. The fraction of sp³-hybridized carbons (Fsp3) is 0.368. The summed E-state index contributed by atoms with van der Waals surface area (Å²) in [5.41, 5.74) is 4.03. The molecule has 3 atom stereocenters. The standard InChI is InChI=1S/C19H23N3/c1-14-19-12-20-16(11-15-7-3-2-4-8-15)13-22(19)18-10-6-5-9-17(18)21-14/h2-10,14,16,19-21H,11-13H2,1H3/t14-,16-,19+/m0/s1. The minimum atomic E-state index is 0.472. The summed E-state index contributed by atoms with van der Waals surface area (Å²) in [4.78, 5) is 2.60. The molecule has 2 aromatic carbocycles. The third kappa shape index (κ3) is 2.46. The number of hydrogen-bond donors (Lipinski definition) is 2. The van der Waals surface area contributed by atoms with Gasteiger partial charge in [0.25, 0.3) is 0 Å². The molecule has 114 valence electrons. The van der Waals surface area contributed by atoms with Gasteiger partial charge in [0.1, 0.15) is 0 Å². The van der Waals surface area contributed by atoms with Gasteiger partial charge in [-0.25, -0.2) is 0 Å². The molecule has 0 radical (unpaired) electrons. The number of anilines is 2. The van der Waals surface area contributed by atoms with Crippen LogP contribution in [0.1, 0.15) is 12.5 Å². The van der Waals surface area contributed by atoms with Gasteiger partial charge in [0.2, 0.25) is 0 Å². The maximum absolute atomic E-state index is 3.75. The molecule has 0 amide bonds. The van der Waals surface area contributed by atoms with E-state index in [2.05, 4.69) is 77.1 Å². The van der Waals surface area contributed by atoms with Gasteiger partial charge >= 0.3 is 0 Å². The molecule has 2 aliphatic rings. The third-order valence-corrected chi connectivity index (χ3v) is 4.93. The Labute approximate surface area is 132 Å². The quantitative estimate of drug-likeness (QED) is 0.891. The van der Waals surface area contributed by atoms with Crippen LogP contribution in [0.4, 0.5) is 11.4 Å². The van der Waals surface area contributed by atoms with Crippen LogP contribution in [0.2, 0.25) is 0 Å².